The highest BCUT2D eigenvalue weighted by molar-refractivity contribution is 5.70. The average Bonchev–Trinajstić information content (AvgIpc) is 2.25. The van der Waals surface area contributed by atoms with Gasteiger partial charge in [0, 0.05) is 6.04 Å². The van der Waals surface area contributed by atoms with Gasteiger partial charge in [-0.25, -0.2) is 0 Å². The molecule has 2 nitrogen and oxygen atoms in total. The third kappa shape index (κ3) is 2.56. The van der Waals surface area contributed by atoms with Crippen LogP contribution in [0.2, 0.25) is 0 Å². The van der Waals surface area contributed by atoms with Crippen LogP contribution >= 0.6 is 0 Å². The van der Waals surface area contributed by atoms with Gasteiger partial charge in [0.05, 0.1) is 11.4 Å². The van der Waals surface area contributed by atoms with Gasteiger partial charge < -0.3 is 11.1 Å². The van der Waals surface area contributed by atoms with Crippen molar-refractivity contribution in [3.8, 4) is 0 Å². The van der Waals surface area contributed by atoms with E-state index in [2.05, 4.69) is 32.2 Å². The fraction of sp³-hybridized carbons (Fsp3) is 0.600. The van der Waals surface area contributed by atoms with Crippen LogP contribution in [0.3, 0.4) is 0 Å². The van der Waals surface area contributed by atoms with Crippen molar-refractivity contribution in [2.24, 2.45) is 5.41 Å². The van der Waals surface area contributed by atoms with Gasteiger partial charge >= 0.3 is 0 Å². The summed E-state index contributed by atoms with van der Waals surface area (Å²) in [7, 11) is 0. The van der Waals surface area contributed by atoms with Crippen molar-refractivity contribution < 1.29 is 0 Å². The highest BCUT2D eigenvalue weighted by Crippen LogP contribution is 2.38. The lowest BCUT2D eigenvalue weighted by atomic mass is 9.73. The number of rotatable bonds is 2. The number of benzene rings is 1. The van der Waals surface area contributed by atoms with Crippen molar-refractivity contribution in [2.75, 3.05) is 11.1 Å². The highest BCUT2D eigenvalue weighted by Gasteiger charge is 2.32. The molecule has 0 spiro atoms. The van der Waals surface area contributed by atoms with E-state index in [1.54, 1.807) is 0 Å². The molecule has 1 aliphatic rings. The normalized spacial score (nSPS) is 23.4. The lowest BCUT2D eigenvalue weighted by Gasteiger charge is -2.40. The summed E-state index contributed by atoms with van der Waals surface area (Å²) >= 11 is 0. The Labute approximate surface area is 105 Å². The predicted molar refractivity (Wildman–Crippen MR) is 75.3 cm³/mol. The van der Waals surface area contributed by atoms with Gasteiger partial charge in [-0.05, 0) is 36.8 Å². The Balaban J connectivity index is 2.20. The number of aryl methyl sites for hydroxylation is 1. The molecule has 1 unspecified atom stereocenters. The van der Waals surface area contributed by atoms with Crippen molar-refractivity contribution in [1.29, 1.82) is 0 Å². The Morgan fingerprint density at radius 3 is 2.71 bits per heavy atom. The van der Waals surface area contributed by atoms with Crippen molar-refractivity contribution in [3.05, 3.63) is 23.8 Å². The van der Waals surface area contributed by atoms with Crippen LogP contribution in [0.5, 0.6) is 0 Å². The second kappa shape index (κ2) is 4.59. The van der Waals surface area contributed by atoms with E-state index >= 15 is 0 Å². The third-order valence-corrected chi connectivity index (χ3v) is 4.13. The molecule has 1 aromatic rings. The molecule has 1 atom stereocenters. The maximum Gasteiger partial charge on any atom is 0.0605 e. The van der Waals surface area contributed by atoms with Gasteiger partial charge in [0.15, 0.2) is 0 Å². The van der Waals surface area contributed by atoms with Gasteiger partial charge in [-0.1, -0.05) is 38.8 Å². The minimum atomic E-state index is 0.368. The van der Waals surface area contributed by atoms with Crippen LogP contribution in [0.1, 0.15) is 45.1 Å². The summed E-state index contributed by atoms with van der Waals surface area (Å²) < 4.78 is 0. The fourth-order valence-electron chi connectivity index (χ4n) is 2.82. The summed E-state index contributed by atoms with van der Waals surface area (Å²) in [6.45, 7) is 6.84. The molecule has 1 aliphatic carbocycles. The second-order valence-electron chi connectivity index (χ2n) is 5.97. The van der Waals surface area contributed by atoms with E-state index < -0.39 is 0 Å². The van der Waals surface area contributed by atoms with Crippen LogP contribution in [0.25, 0.3) is 0 Å². The molecule has 3 N–H and O–H groups in total. The van der Waals surface area contributed by atoms with Crippen LogP contribution in [-0.2, 0) is 0 Å². The molecule has 0 aliphatic heterocycles. The highest BCUT2D eigenvalue weighted by atomic mass is 15.0. The molecule has 17 heavy (non-hydrogen) atoms. The van der Waals surface area contributed by atoms with Gasteiger partial charge in [-0.15, -0.1) is 0 Å². The number of nitrogens with two attached hydrogens (primary N) is 1. The van der Waals surface area contributed by atoms with E-state index in [9.17, 15) is 0 Å². The number of anilines is 2. The molecule has 0 radical (unpaired) electrons. The first-order valence-electron chi connectivity index (χ1n) is 6.62. The molecule has 1 fully saturated rings. The minimum absolute atomic E-state index is 0.368. The van der Waals surface area contributed by atoms with Gasteiger partial charge in [-0.3, -0.25) is 0 Å². The van der Waals surface area contributed by atoms with Crippen molar-refractivity contribution in [1.82, 2.24) is 0 Å². The Morgan fingerprint density at radius 1 is 1.29 bits per heavy atom. The number of para-hydroxylation sites is 1. The number of nitrogen functional groups attached to an aromatic ring is 1. The van der Waals surface area contributed by atoms with Gasteiger partial charge in [-0.2, -0.15) is 0 Å². The van der Waals surface area contributed by atoms with Crippen molar-refractivity contribution >= 4 is 11.4 Å². The first-order valence-corrected chi connectivity index (χ1v) is 6.62. The summed E-state index contributed by atoms with van der Waals surface area (Å²) in [4.78, 5) is 0. The van der Waals surface area contributed by atoms with Gasteiger partial charge in [0.1, 0.15) is 0 Å². The van der Waals surface area contributed by atoms with Crippen LogP contribution in [0.4, 0.5) is 11.4 Å². The van der Waals surface area contributed by atoms with Crippen LogP contribution in [-0.4, -0.2) is 6.04 Å². The molecular weight excluding hydrogens is 208 g/mol. The largest absolute Gasteiger partial charge is 0.397 e. The van der Waals surface area contributed by atoms with Crippen molar-refractivity contribution in [3.63, 3.8) is 0 Å². The summed E-state index contributed by atoms with van der Waals surface area (Å²) in [5.74, 6) is 0. The first-order chi connectivity index (χ1) is 8.00. The van der Waals surface area contributed by atoms with E-state index in [1.807, 2.05) is 12.1 Å². The van der Waals surface area contributed by atoms with Gasteiger partial charge in [0.2, 0.25) is 0 Å². The first kappa shape index (κ1) is 12.3. The molecule has 0 amide bonds. The molecule has 2 rings (SSSR count). The smallest absolute Gasteiger partial charge is 0.0605 e. The maximum absolute atomic E-state index is 6.06. The Kier molecular flexibility index (Phi) is 3.32. The molecule has 1 saturated carbocycles. The van der Waals surface area contributed by atoms with E-state index in [-0.39, 0.29) is 0 Å². The summed E-state index contributed by atoms with van der Waals surface area (Å²) in [6.07, 6.45) is 5.23. The Morgan fingerprint density at radius 2 is 2.06 bits per heavy atom. The zero-order valence-corrected chi connectivity index (χ0v) is 11.2. The Hall–Kier alpha value is -1.18. The lowest BCUT2D eigenvalue weighted by Crippen LogP contribution is -2.39. The summed E-state index contributed by atoms with van der Waals surface area (Å²) in [5, 5.41) is 3.68. The molecule has 94 valence electrons. The average molecular weight is 232 g/mol. The molecule has 1 aromatic carbocycles. The molecule has 2 heteroatoms. The van der Waals surface area contributed by atoms with Crippen LogP contribution < -0.4 is 11.1 Å². The van der Waals surface area contributed by atoms with Crippen LogP contribution in [0.15, 0.2) is 18.2 Å². The van der Waals surface area contributed by atoms with Crippen molar-refractivity contribution in [2.45, 2.75) is 52.5 Å². The molecular formula is C15H24N2. The maximum atomic E-state index is 6.06. The van der Waals surface area contributed by atoms with E-state index in [4.69, 9.17) is 5.73 Å². The molecule has 0 bridgehead atoms. The standard InChI is InChI=1S/C15H24N2/c1-11-7-6-8-12(16)14(11)17-13-9-4-5-10-15(13,2)3/h6-8,13,17H,4-5,9-10,16H2,1-3H3. The molecule has 0 saturated heterocycles. The zero-order chi connectivity index (χ0) is 12.5. The number of hydrogen-bond acceptors (Lipinski definition) is 2. The fourth-order valence-corrected chi connectivity index (χ4v) is 2.82. The van der Waals surface area contributed by atoms with Gasteiger partial charge in [0.25, 0.3) is 0 Å². The topological polar surface area (TPSA) is 38.0 Å². The van der Waals surface area contributed by atoms with E-state index in [0.717, 1.165) is 11.4 Å². The molecule has 0 aromatic heterocycles. The quantitative estimate of drug-likeness (QED) is 0.757. The lowest BCUT2D eigenvalue weighted by molar-refractivity contribution is 0.217. The molecule has 0 heterocycles. The SMILES string of the molecule is Cc1cccc(N)c1NC1CCCCC1(C)C. The zero-order valence-electron chi connectivity index (χ0n) is 11.2. The second-order valence-corrected chi connectivity index (χ2v) is 5.97. The van der Waals surface area contributed by atoms with E-state index in [1.165, 1.54) is 31.2 Å². The van der Waals surface area contributed by atoms with E-state index in [0.29, 0.717) is 11.5 Å². The predicted octanol–water partition coefficient (Wildman–Crippen LogP) is 3.96. The monoisotopic (exact) mass is 232 g/mol. The summed E-state index contributed by atoms with van der Waals surface area (Å²) in [6, 6.07) is 6.65. The van der Waals surface area contributed by atoms with Crippen LogP contribution in [0, 0.1) is 12.3 Å². The third-order valence-electron chi connectivity index (χ3n) is 4.13. The summed E-state index contributed by atoms with van der Waals surface area (Å²) in [5.41, 5.74) is 9.67. The number of nitrogens with one attached hydrogen (secondary N) is 1. The number of hydrogen-bond donors (Lipinski definition) is 2. The minimum Gasteiger partial charge on any atom is -0.397 e. The Bertz CT molecular complexity index is 376.